The number of hydrogen-bond donors (Lipinski definition) is 13. The highest BCUT2D eigenvalue weighted by atomic mass is 16.8. The predicted octanol–water partition coefficient (Wildman–Crippen LogP) is -1.84. The molecule has 20 nitrogen and oxygen atoms in total. The van der Waals surface area contributed by atoms with Crippen molar-refractivity contribution in [3.8, 4) is 0 Å². The molecular weight excluding hydrogens is 897 g/mol. The summed E-state index contributed by atoms with van der Waals surface area (Å²) in [6, 6.07) is 0. The molecule has 4 aliphatic heterocycles. The smallest absolute Gasteiger partial charge is 0.187 e. The van der Waals surface area contributed by atoms with Crippen molar-refractivity contribution in [3.05, 3.63) is 0 Å². The molecule has 394 valence electrons. The van der Waals surface area contributed by atoms with E-state index < -0.39 is 152 Å². The molecule has 4 aliphatic carbocycles. The topological polar surface area (TPSA) is 328 Å². The monoisotopic (exact) mass is 979 g/mol. The molecule has 28 atom stereocenters. The summed E-state index contributed by atoms with van der Waals surface area (Å²) < 4.78 is 43.7. The van der Waals surface area contributed by atoms with Crippen LogP contribution in [0, 0.1) is 45.3 Å². The Balaban J connectivity index is 1.08. The van der Waals surface area contributed by atoms with Crippen LogP contribution >= 0.6 is 0 Å². The summed E-state index contributed by atoms with van der Waals surface area (Å²) in [5, 5.41) is 143. The standard InChI is InChI=1S/C48H82O20/c1-20-30(54)33(57)35(59)40(62-20)67-38-37(66-41-36(60)34(58)31(55)24(17-49)63-41)32(56)25(18-50)64-42(38)65-28-11-12-44(4)26(45(28,5)19-51)10-14-46(6)27(44)15-22(52)29-21(9-13-47(29,46)7)48(8)16-23(53)39(68-48)43(2,3)61/h20-42,49-61H,9-19H2,1-8H3/t20-,21-,22+,23-,24+,25+,26+,27+,28-,29-,30-,31+,32+,33+,34-,35+,36+,37-,38+,39-,40-,41-,42-,44-,45-,46+,47+,48-/m0/s1. The van der Waals surface area contributed by atoms with Gasteiger partial charge in [-0.25, -0.2) is 0 Å². The number of ether oxygens (including phenoxy) is 7. The van der Waals surface area contributed by atoms with Crippen LogP contribution in [0.4, 0.5) is 0 Å². The molecule has 4 saturated heterocycles. The van der Waals surface area contributed by atoms with E-state index in [1.807, 2.05) is 13.8 Å². The summed E-state index contributed by atoms with van der Waals surface area (Å²) in [7, 11) is 0. The Morgan fingerprint density at radius 1 is 0.588 bits per heavy atom. The summed E-state index contributed by atoms with van der Waals surface area (Å²) in [5.74, 6) is -0.331. The summed E-state index contributed by atoms with van der Waals surface area (Å²) in [6.07, 6.45) is -22.7. The summed E-state index contributed by atoms with van der Waals surface area (Å²) >= 11 is 0. The Kier molecular flexibility index (Phi) is 14.8. The molecule has 0 aromatic heterocycles. The zero-order valence-electron chi connectivity index (χ0n) is 40.7. The molecule has 13 N–H and O–H groups in total. The van der Waals surface area contributed by atoms with Crippen molar-refractivity contribution in [1.29, 1.82) is 0 Å². The second kappa shape index (κ2) is 18.8. The van der Waals surface area contributed by atoms with Crippen molar-refractivity contribution in [2.24, 2.45) is 45.3 Å². The van der Waals surface area contributed by atoms with Crippen LogP contribution in [-0.2, 0) is 33.2 Å². The molecule has 68 heavy (non-hydrogen) atoms. The van der Waals surface area contributed by atoms with Crippen LogP contribution < -0.4 is 0 Å². The van der Waals surface area contributed by atoms with Crippen molar-refractivity contribution in [2.45, 2.75) is 234 Å². The molecule has 0 aromatic rings. The van der Waals surface area contributed by atoms with Crippen molar-refractivity contribution in [1.82, 2.24) is 0 Å². The van der Waals surface area contributed by atoms with Crippen LogP contribution in [0.3, 0.4) is 0 Å². The lowest BCUT2D eigenvalue weighted by Crippen LogP contribution is -2.69. The Bertz CT molecular complexity index is 1760. The van der Waals surface area contributed by atoms with Crippen molar-refractivity contribution in [2.75, 3.05) is 19.8 Å². The van der Waals surface area contributed by atoms with Gasteiger partial charge in [0.05, 0.1) is 55.4 Å². The first-order valence-electron chi connectivity index (χ1n) is 24.9. The largest absolute Gasteiger partial charge is 0.396 e. The molecule has 0 unspecified atom stereocenters. The first kappa shape index (κ1) is 53.5. The molecule has 0 bridgehead atoms. The van der Waals surface area contributed by atoms with Gasteiger partial charge in [-0.1, -0.05) is 27.7 Å². The fraction of sp³-hybridized carbons (Fsp3) is 1.00. The third-order valence-electron chi connectivity index (χ3n) is 19.6. The molecule has 4 saturated carbocycles. The van der Waals surface area contributed by atoms with Crippen LogP contribution in [0.1, 0.15) is 107 Å². The molecule has 4 heterocycles. The average Bonchev–Trinajstić information content (AvgIpc) is 3.83. The van der Waals surface area contributed by atoms with E-state index in [-0.39, 0.29) is 41.1 Å². The highest BCUT2D eigenvalue weighted by Crippen LogP contribution is 2.76. The van der Waals surface area contributed by atoms with E-state index in [9.17, 15) is 66.4 Å². The highest BCUT2D eigenvalue weighted by Gasteiger charge is 2.73. The van der Waals surface area contributed by atoms with E-state index in [2.05, 4.69) is 20.8 Å². The molecule has 0 amide bonds. The highest BCUT2D eigenvalue weighted by molar-refractivity contribution is 5.21. The van der Waals surface area contributed by atoms with Gasteiger partial charge in [-0.05, 0) is 113 Å². The average molecular weight is 979 g/mol. The van der Waals surface area contributed by atoms with Crippen LogP contribution in [0.5, 0.6) is 0 Å². The number of rotatable bonds is 11. The van der Waals surface area contributed by atoms with Gasteiger partial charge in [0.1, 0.15) is 73.2 Å². The second-order valence-electron chi connectivity index (χ2n) is 23.9. The van der Waals surface area contributed by atoms with Gasteiger partial charge >= 0.3 is 0 Å². The van der Waals surface area contributed by atoms with Gasteiger partial charge in [-0.15, -0.1) is 0 Å². The van der Waals surface area contributed by atoms with Crippen LogP contribution in [0.15, 0.2) is 0 Å². The van der Waals surface area contributed by atoms with E-state index in [0.29, 0.717) is 32.1 Å². The molecule has 8 rings (SSSR count). The maximum atomic E-state index is 12.5. The lowest BCUT2D eigenvalue weighted by molar-refractivity contribution is -0.399. The lowest BCUT2D eigenvalue weighted by Gasteiger charge is -2.71. The van der Waals surface area contributed by atoms with Crippen LogP contribution in [0.25, 0.3) is 0 Å². The first-order valence-corrected chi connectivity index (χ1v) is 24.9. The second-order valence-corrected chi connectivity index (χ2v) is 23.9. The van der Waals surface area contributed by atoms with E-state index in [1.165, 1.54) is 6.92 Å². The fourth-order valence-electron chi connectivity index (χ4n) is 15.7. The van der Waals surface area contributed by atoms with E-state index >= 15 is 0 Å². The fourth-order valence-corrected chi connectivity index (χ4v) is 15.7. The Morgan fingerprint density at radius 2 is 1.16 bits per heavy atom. The van der Waals surface area contributed by atoms with Crippen LogP contribution in [-0.4, -0.2) is 214 Å². The van der Waals surface area contributed by atoms with E-state index in [4.69, 9.17) is 33.2 Å². The molecule has 20 heteroatoms. The number of aliphatic hydroxyl groups is 13. The SMILES string of the molecule is C[C@@H]1O[C@@H](O[C@H]2[C@H](O[C@H]3CC[C@@]4(C)[C@@H](CC[C@]5(C)[C@@H]4C[C@@H](O)[C@@H]4[C@@H]([C@]6(C)C[C@H](O)[C@@H](C(C)(C)O)O6)CC[C@]45C)[C@]3(C)CO)O[C@H](CO)[C@@H](O)[C@@H]2O[C@@H]2O[C@H](CO)[C@@H](O)[C@H](O)[C@H]2O)[C@H](O)[C@H](O)[C@H]1O. The maximum absolute atomic E-state index is 12.5. The minimum absolute atomic E-state index is 0.0172. The third kappa shape index (κ3) is 8.37. The Labute approximate surface area is 398 Å². The summed E-state index contributed by atoms with van der Waals surface area (Å²) in [5.41, 5.74) is -3.95. The van der Waals surface area contributed by atoms with Crippen LogP contribution in [0.2, 0.25) is 0 Å². The molecule has 8 aliphatic rings. The zero-order valence-corrected chi connectivity index (χ0v) is 40.7. The molecular formula is C48H82O20. The van der Waals surface area contributed by atoms with Gasteiger partial charge in [-0.3, -0.25) is 0 Å². The van der Waals surface area contributed by atoms with Crippen molar-refractivity contribution < 1.29 is 99.5 Å². The van der Waals surface area contributed by atoms with E-state index in [0.717, 1.165) is 19.3 Å². The van der Waals surface area contributed by atoms with Gasteiger partial charge in [0.25, 0.3) is 0 Å². The summed E-state index contributed by atoms with van der Waals surface area (Å²) in [6.45, 7) is 13.7. The number of hydrogen-bond acceptors (Lipinski definition) is 20. The third-order valence-corrected chi connectivity index (χ3v) is 19.6. The molecule has 0 radical (unpaired) electrons. The minimum atomic E-state index is -1.92. The van der Waals surface area contributed by atoms with Crippen molar-refractivity contribution >= 4 is 0 Å². The van der Waals surface area contributed by atoms with Gasteiger partial charge in [0, 0.05) is 11.8 Å². The summed E-state index contributed by atoms with van der Waals surface area (Å²) in [4.78, 5) is 0. The van der Waals surface area contributed by atoms with Gasteiger partial charge in [-0.2, -0.15) is 0 Å². The molecule has 0 spiro atoms. The van der Waals surface area contributed by atoms with Gasteiger partial charge < -0.3 is 99.5 Å². The lowest BCUT2D eigenvalue weighted by atomic mass is 9.35. The predicted molar refractivity (Wildman–Crippen MR) is 234 cm³/mol. The Morgan fingerprint density at radius 3 is 1.76 bits per heavy atom. The molecule has 0 aromatic carbocycles. The van der Waals surface area contributed by atoms with Crippen molar-refractivity contribution in [3.63, 3.8) is 0 Å². The number of aliphatic hydroxyl groups excluding tert-OH is 12. The first-order chi connectivity index (χ1) is 31.6. The molecule has 8 fully saturated rings. The van der Waals surface area contributed by atoms with Gasteiger partial charge in [0.15, 0.2) is 18.9 Å². The van der Waals surface area contributed by atoms with Gasteiger partial charge in [0.2, 0.25) is 0 Å². The maximum Gasteiger partial charge on any atom is 0.187 e. The number of fused-ring (bicyclic) bond motifs is 5. The minimum Gasteiger partial charge on any atom is -0.396 e. The Hall–Kier alpha value is -0.800. The zero-order chi connectivity index (χ0) is 50.0. The van der Waals surface area contributed by atoms with E-state index in [1.54, 1.807) is 13.8 Å². The normalized spacial score (nSPS) is 57.6. The quantitative estimate of drug-likeness (QED) is 0.101.